The Morgan fingerprint density at radius 2 is 2.09 bits per heavy atom. The zero-order valence-corrected chi connectivity index (χ0v) is 14.3. The van der Waals surface area contributed by atoms with E-state index in [4.69, 9.17) is 9.47 Å². The van der Waals surface area contributed by atoms with E-state index in [-0.39, 0.29) is 12.5 Å². The van der Waals surface area contributed by atoms with Crippen molar-refractivity contribution < 1.29 is 14.3 Å². The van der Waals surface area contributed by atoms with Gasteiger partial charge in [0.1, 0.15) is 5.75 Å². The molecular formula is C18H28N2O3. The van der Waals surface area contributed by atoms with Crippen molar-refractivity contribution in [2.24, 2.45) is 0 Å². The maximum atomic E-state index is 11.8. The van der Waals surface area contributed by atoms with Crippen LogP contribution in [0.4, 0.5) is 0 Å². The van der Waals surface area contributed by atoms with Crippen molar-refractivity contribution in [3.63, 3.8) is 0 Å². The second-order valence-electron chi connectivity index (χ2n) is 6.07. The number of rotatable bonds is 10. The molecule has 0 radical (unpaired) electrons. The van der Waals surface area contributed by atoms with Crippen LogP contribution >= 0.6 is 0 Å². The Hall–Kier alpha value is -1.59. The Labute approximate surface area is 139 Å². The van der Waals surface area contributed by atoms with Gasteiger partial charge in [0.2, 0.25) is 0 Å². The van der Waals surface area contributed by atoms with Crippen molar-refractivity contribution in [2.75, 3.05) is 47.0 Å². The lowest BCUT2D eigenvalue weighted by Gasteiger charge is -2.15. The number of nitrogens with zero attached hydrogens (tertiary/aromatic N) is 1. The number of likely N-dealkylation sites (N-methyl/N-ethyl adjacent to an activating group) is 1. The number of nitrogens with one attached hydrogen (secondary N) is 1. The zero-order chi connectivity index (χ0) is 16.5. The Kier molecular flexibility index (Phi) is 7.36. The van der Waals surface area contributed by atoms with Crippen LogP contribution in [0.15, 0.2) is 18.2 Å². The molecule has 2 rings (SSSR count). The molecule has 128 valence electrons. The predicted molar refractivity (Wildman–Crippen MR) is 91.0 cm³/mol. The standard InChI is InChI=1S/C18H28N2O3/c1-20(11-12-22-2)10-4-9-19-18(21)14-23-17-8-7-15-5-3-6-16(15)13-17/h7-8,13H,3-6,9-12,14H2,1-2H3,(H,19,21). The Bertz CT molecular complexity index is 505. The molecule has 0 unspecified atom stereocenters. The van der Waals surface area contributed by atoms with E-state index in [0.717, 1.165) is 44.7 Å². The number of methoxy groups -OCH3 is 1. The highest BCUT2D eigenvalue weighted by Crippen LogP contribution is 2.25. The smallest absolute Gasteiger partial charge is 0.257 e. The molecule has 23 heavy (non-hydrogen) atoms. The lowest BCUT2D eigenvalue weighted by atomic mass is 10.1. The molecule has 1 aromatic carbocycles. The van der Waals surface area contributed by atoms with Gasteiger partial charge in [-0.1, -0.05) is 6.07 Å². The van der Waals surface area contributed by atoms with Crippen molar-refractivity contribution in [3.8, 4) is 5.75 Å². The van der Waals surface area contributed by atoms with Gasteiger partial charge in [0.05, 0.1) is 6.61 Å². The van der Waals surface area contributed by atoms with Gasteiger partial charge in [0, 0.05) is 20.2 Å². The third kappa shape index (κ3) is 6.20. The van der Waals surface area contributed by atoms with E-state index in [1.54, 1.807) is 7.11 Å². The summed E-state index contributed by atoms with van der Waals surface area (Å²) in [6.45, 7) is 3.33. The molecule has 0 aliphatic heterocycles. The van der Waals surface area contributed by atoms with E-state index in [0.29, 0.717) is 6.54 Å². The van der Waals surface area contributed by atoms with Crippen molar-refractivity contribution in [1.29, 1.82) is 0 Å². The van der Waals surface area contributed by atoms with E-state index in [1.807, 2.05) is 6.07 Å². The zero-order valence-electron chi connectivity index (χ0n) is 14.3. The average Bonchev–Trinajstić information content (AvgIpc) is 3.02. The second kappa shape index (κ2) is 9.53. The first-order valence-corrected chi connectivity index (χ1v) is 8.38. The minimum Gasteiger partial charge on any atom is -0.484 e. The molecule has 1 N–H and O–H groups in total. The molecule has 0 aromatic heterocycles. The summed E-state index contributed by atoms with van der Waals surface area (Å²) >= 11 is 0. The summed E-state index contributed by atoms with van der Waals surface area (Å²) in [5.74, 6) is 0.727. The number of aryl methyl sites for hydroxylation is 2. The van der Waals surface area contributed by atoms with Crippen molar-refractivity contribution >= 4 is 5.91 Å². The lowest BCUT2D eigenvalue weighted by molar-refractivity contribution is -0.123. The predicted octanol–water partition coefficient (Wildman–Crippen LogP) is 1.64. The first-order valence-electron chi connectivity index (χ1n) is 8.38. The quantitative estimate of drug-likeness (QED) is 0.666. The van der Waals surface area contributed by atoms with E-state index in [9.17, 15) is 4.79 Å². The molecule has 0 spiro atoms. The van der Waals surface area contributed by atoms with Crippen LogP contribution in [0.2, 0.25) is 0 Å². The second-order valence-corrected chi connectivity index (χ2v) is 6.07. The van der Waals surface area contributed by atoms with Gasteiger partial charge < -0.3 is 19.7 Å². The monoisotopic (exact) mass is 320 g/mol. The number of hydrogen-bond donors (Lipinski definition) is 1. The van der Waals surface area contributed by atoms with E-state index >= 15 is 0 Å². The van der Waals surface area contributed by atoms with Gasteiger partial charge in [0.15, 0.2) is 6.61 Å². The van der Waals surface area contributed by atoms with Crippen LogP contribution in [0.25, 0.3) is 0 Å². The summed E-state index contributed by atoms with van der Waals surface area (Å²) in [5.41, 5.74) is 2.78. The van der Waals surface area contributed by atoms with Crippen molar-refractivity contribution in [2.45, 2.75) is 25.7 Å². The van der Waals surface area contributed by atoms with E-state index in [1.165, 1.54) is 17.5 Å². The van der Waals surface area contributed by atoms with Crippen LogP contribution in [-0.4, -0.2) is 57.8 Å². The van der Waals surface area contributed by atoms with Gasteiger partial charge in [-0.2, -0.15) is 0 Å². The fourth-order valence-electron chi connectivity index (χ4n) is 2.77. The van der Waals surface area contributed by atoms with E-state index in [2.05, 4.69) is 29.4 Å². The van der Waals surface area contributed by atoms with Gasteiger partial charge in [-0.3, -0.25) is 4.79 Å². The fourth-order valence-corrected chi connectivity index (χ4v) is 2.77. The Morgan fingerprint density at radius 3 is 2.91 bits per heavy atom. The number of ether oxygens (including phenoxy) is 2. The SMILES string of the molecule is COCCN(C)CCCNC(=O)COc1ccc2c(c1)CCC2. The van der Waals surface area contributed by atoms with Crippen LogP contribution in [0.5, 0.6) is 5.75 Å². The molecule has 1 aliphatic rings. The molecule has 5 heteroatoms. The number of amides is 1. The average molecular weight is 320 g/mol. The van der Waals surface area contributed by atoms with Crippen LogP contribution in [0.3, 0.4) is 0 Å². The van der Waals surface area contributed by atoms with Crippen LogP contribution in [0, 0.1) is 0 Å². The number of carbonyl (C=O) groups excluding carboxylic acids is 1. The van der Waals surface area contributed by atoms with Crippen molar-refractivity contribution in [3.05, 3.63) is 29.3 Å². The summed E-state index contributed by atoms with van der Waals surface area (Å²) in [5, 5.41) is 2.89. The molecule has 0 heterocycles. The first-order chi connectivity index (χ1) is 11.2. The molecule has 1 aliphatic carbocycles. The normalized spacial score (nSPS) is 13.2. The van der Waals surface area contributed by atoms with Crippen LogP contribution in [0.1, 0.15) is 24.0 Å². The molecule has 1 aromatic rings. The molecule has 0 saturated heterocycles. The minimum atomic E-state index is -0.0648. The van der Waals surface area contributed by atoms with Gasteiger partial charge in [-0.05, 0) is 62.5 Å². The number of carbonyl (C=O) groups is 1. The highest BCUT2D eigenvalue weighted by atomic mass is 16.5. The summed E-state index contributed by atoms with van der Waals surface area (Å²) in [7, 11) is 3.76. The third-order valence-electron chi connectivity index (χ3n) is 4.16. The molecule has 1 amide bonds. The fraction of sp³-hybridized carbons (Fsp3) is 0.611. The van der Waals surface area contributed by atoms with Gasteiger partial charge in [0.25, 0.3) is 5.91 Å². The summed E-state index contributed by atoms with van der Waals surface area (Å²) in [4.78, 5) is 14.0. The topological polar surface area (TPSA) is 50.8 Å². The van der Waals surface area contributed by atoms with Crippen LogP contribution < -0.4 is 10.1 Å². The molecule has 0 atom stereocenters. The van der Waals surface area contributed by atoms with Crippen molar-refractivity contribution in [1.82, 2.24) is 10.2 Å². The highest BCUT2D eigenvalue weighted by molar-refractivity contribution is 5.77. The molecule has 5 nitrogen and oxygen atoms in total. The molecule has 0 bridgehead atoms. The minimum absolute atomic E-state index is 0.0648. The number of benzene rings is 1. The third-order valence-corrected chi connectivity index (χ3v) is 4.16. The van der Waals surface area contributed by atoms with Gasteiger partial charge in [-0.15, -0.1) is 0 Å². The summed E-state index contributed by atoms with van der Waals surface area (Å²) in [6, 6.07) is 6.15. The number of fused-ring (bicyclic) bond motifs is 1. The summed E-state index contributed by atoms with van der Waals surface area (Å²) < 4.78 is 10.6. The van der Waals surface area contributed by atoms with Gasteiger partial charge in [-0.25, -0.2) is 0 Å². The largest absolute Gasteiger partial charge is 0.484 e. The maximum absolute atomic E-state index is 11.8. The maximum Gasteiger partial charge on any atom is 0.257 e. The Balaban J connectivity index is 1.58. The summed E-state index contributed by atoms with van der Waals surface area (Å²) in [6.07, 6.45) is 4.42. The van der Waals surface area contributed by atoms with Gasteiger partial charge >= 0.3 is 0 Å². The molecule has 0 saturated carbocycles. The van der Waals surface area contributed by atoms with E-state index < -0.39 is 0 Å². The number of hydrogen-bond acceptors (Lipinski definition) is 4. The van der Waals surface area contributed by atoms with Crippen LogP contribution in [-0.2, 0) is 22.4 Å². The first kappa shape index (κ1) is 17.8. The Morgan fingerprint density at radius 1 is 1.26 bits per heavy atom. The lowest BCUT2D eigenvalue weighted by Crippen LogP contribution is -2.32. The highest BCUT2D eigenvalue weighted by Gasteiger charge is 2.11. The molecular weight excluding hydrogens is 292 g/mol. The molecule has 0 fully saturated rings.